The molecular weight excluding hydrogens is 408 g/mol. The average Bonchev–Trinajstić information content (AvgIpc) is 2.84. The SMILES string of the molecule is CCCOCCn1c(=O)c(N2CCN(CCO)CC2)nc2cnc(-c3cccnc3)cc21. The number of aromatic nitrogens is 4. The van der Waals surface area contributed by atoms with Gasteiger partial charge in [-0.3, -0.25) is 19.7 Å². The van der Waals surface area contributed by atoms with Gasteiger partial charge < -0.3 is 19.3 Å². The molecule has 0 aliphatic carbocycles. The second-order valence-electron chi connectivity index (χ2n) is 7.86. The number of fused-ring (bicyclic) bond motifs is 1. The van der Waals surface area contributed by atoms with Gasteiger partial charge in [0.1, 0.15) is 5.52 Å². The average molecular weight is 439 g/mol. The first-order valence-electron chi connectivity index (χ1n) is 11.2. The van der Waals surface area contributed by atoms with Gasteiger partial charge in [0.25, 0.3) is 5.56 Å². The molecule has 1 aliphatic heterocycles. The van der Waals surface area contributed by atoms with Crippen LogP contribution in [0.3, 0.4) is 0 Å². The van der Waals surface area contributed by atoms with Gasteiger partial charge in [0.15, 0.2) is 5.82 Å². The molecule has 0 amide bonds. The normalized spacial score (nSPS) is 14.9. The van der Waals surface area contributed by atoms with E-state index in [4.69, 9.17) is 9.72 Å². The van der Waals surface area contributed by atoms with E-state index in [1.807, 2.05) is 23.1 Å². The molecular formula is C23H30N6O3. The molecule has 3 aromatic rings. The summed E-state index contributed by atoms with van der Waals surface area (Å²) < 4.78 is 7.44. The molecule has 0 atom stereocenters. The van der Waals surface area contributed by atoms with Crippen molar-refractivity contribution in [3.05, 3.63) is 47.1 Å². The van der Waals surface area contributed by atoms with Crippen molar-refractivity contribution < 1.29 is 9.84 Å². The molecule has 0 aromatic carbocycles. The number of aliphatic hydroxyl groups excluding tert-OH is 1. The van der Waals surface area contributed by atoms with Crippen molar-refractivity contribution >= 4 is 16.9 Å². The molecule has 0 spiro atoms. The summed E-state index contributed by atoms with van der Waals surface area (Å²) in [4.78, 5) is 31.2. The van der Waals surface area contributed by atoms with Crippen LogP contribution in [0.2, 0.25) is 0 Å². The van der Waals surface area contributed by atoms with Gasteiger partial charge in [-0.1, -0.05) is 6.92 Å². The standard InChI is InChI=1S/C23H30N6O3/c1-2-13-32-14-11-29-21-15-19(18-4-3-5-24-16-18)25-17-20(21)26-22(23(29)31)28-8-6-27(7-9-28)10-12-30/h3-5,15-17,30H,2,6-14H2,1H3. The molecule has 0 bridgehead atoms. The van der Waals surface area contributed by atoms with Crippen LogP contribution in [-0.2, 0) is 11.3 Å². The number of pyridine rings is 2. The fourth-order valence-electron chi connectivity index (χ4n) is 3.96. The van der Waals surface area contributed by atoms with Crippen molar-refractivity contribution in [2.75, 3.05) is 57.4 Å². The number of piperazine rings is 1. The van der Waals surface area contributed by atoms with Crippen molar-refractivity contribution in [1.82, 2.24) is 24.4 Å². The van der Waals surface area contributed by atoms with Gasteiger partial charge in [-0.15, -0.1) is 0 Å². The van der Waals surface area contributed by atoms with E-state index in [0.717, 1.165) is 36.3 Å². The summed E-state index contributed by atoms with van der Waals surface area (Å²) >= 11 is 0. The van der Waals surface area contributed by atoms with E-state index in [0.29, 0.717) is 50.7 Å². The summed E-state index contributed by atoms with van der Waals surface area (Å²) in [6, 6.07) is 5.72. The zero-order valence-electron chi connectivity index (χ0n) is 18.5. The number of nitrogens with zero attached hydrogens (tertiary/aromatic N) is 6. The zero-order valence-corrected chi connectivity index (χ0v) is 18.5. The Labute approximate surface area is 187 Å². The zero-order chi connectivity index (χ0) is 22.3. The smallest absolute Gasteiger partial charge is 0.294 e. The summed E-state index contributed by atoms with van der Waals surface area (Å²) in [7, 11) is 0. The molecule has 0 radical (unpaired) electrons. The second-order valence-corrected chi connectivity index (χ2v) is 7.86. The van der Waals surface area contributed by atoms with Crippen LogP contribution in [0.5, 0.6) is 0 Å². The maximum atomic E-state index is 13.5. The number of hydrogen-bond donors (Lipinski definition) is 1. The van der Waals surface area contributed by atoms with Crippen LogP contribution < -0.4 is 10.5 Å². The van der Waals surface area contributed by atoms with Crippen molar-refractivity contribution in [2.45, 2.75) is 19.9 Å². The summed E-state index contributed by atoms with van der Waals surface area (Å²) in [5.41, 5.74) is 2.95. The van der Waals surface area contributed by atoms with Crippen molar-refractivity contribution in [3.63, 3.8) is 0 Å². The third-order valence-electron chi connectivity index (χ3n) is 5.67. The minimum atomic E-state index is -0.114. The Bertz CT molecular complexity index is 1080. The van der Waals surface area contributed by atoms with Gasteiger partial charge in [0.05, 0.1) is 30.6 Å². The Hall–Kier alpha value is -2.88. The number of hydrogen-bond acceptors (Lipinski definition) is 8. The molecule has 170 valence electrons. The number of anilines is 1. The Kier molecular flexibility index (Phi) is 7.41. The molecule has 0 unspecified atom stereocenters. The first-order chi connectivity index (χ1) is 15.7. The molecule has 9 nitrogen and oxygen atoms in total. The molecule has 1 N–H and O–H groups in total. The van der Waals surface area contributed by atoms with Crippen LogP contribution in [0.4, 0.5) is 5.82 Å². The second kappa shape index (κ2) is 10.6. The van der Waals surface area contributed by atoms with E-state index in [2.05, 4.69) is 21.8 Å². The fourth-order valence-corrected chi connectivity index (χ4v) is 3.96. The van der Waals surface area contributed by atoms with E-state index >= 15 is 0 Å². The largest absolute Gasteiger partial charge is 0.395 e. The topological polar surface area (TPSA) is 96.6 Å². The highest BCUT2D eigenvalue weighted by atomic mass is 16.5. The lowest BCUT2D eigenvalue weighted by Crippen LogP contribution is -2.49. The first-order valence-corrected chi connectivity index (χ1v) is 11.2. The fraction of sp³-hybridized carbons (Fsp3) is 0.478. The first kappa shape index (κ1) is 22.3. The van der Waals surface area contributed by atoms with Crippen LogP contribution >= 0.6 is 0 Å². The lowest BCUT2D eigenvalue weighted by atomic mass is 10.2. The molecule has 3 aromatic heterocycles. The Morgan fingerprint density at radius 2 is 1.97 bits per heavy atom. The Balaban J connectivity index is 1.71. The maximum Gasteiger partial charge on any atom is 0.294 e. The summed E-state index contributed by atoms with van der Waals surface area (Å²) in [6.45, 7) is 7.40. The lowest BCUT2D eigenvalue weighted by Gasteiger charge is -2.34. The minimum Gasteiger partial charge on any atom is -0.395 e. The molecule has 1 saturated heterocycles. The lowest BCUT2D eigenvalue weighted by molar-refractivity contribution is 0.127. The Morgan fingerprint density at radius 1 is 1.12 bits per heavy atom. The third kappa shape index (κ3) is 4.95. The van der Waals surface area contributed by atoms with Gasteiger partial charge in [-0.25, -0.2) is 4.98 Å². The monoisotopic (exact) mass is 438 g/mol. The number of aliphatic hydroxyl groups is 1. The molecule has 0 saturated carbocycles. The summed E-state index contributed by atoms with van der Waals surface area (Å²) in [5, 5.41) is 9.18. The van der Waals surface area contributed by atoms with E-state index in [-0.39, 0.29) is 12.2 Å². The van der Waals surface area contributed by atoms with Gasteiger partial charge in [-0.05, 0) is 24.6 Å². The van der Waals surface area contributed by atoms with Crippen molar-refractivity contribution in [1.29, 1.82) is 0 Å². The molecule has 1 aliphatic rings. The van der Waals surface area contributed by atoms with E-state index in [1.54, 1.807) is 23.2 Å². The van der Waals surface area contributed by atoms with Crippen LogP contribution in [-0.4, -0.2) is 82.1 Å². The van der Waals surface area contributed by atoms with E-state index in [1.165, 1.54) is 0 Å². The number of rotatable bonds is 9. The van der Waals surface area contributed by atoms with Gasteiger partial charge in [0.2, 0.25) is 0 Å². The molecule has 4 heterocycles. The van der Waals surface area contributed by atoms with E-state index < -0.39 is 0 Å². The summed E-state index contributed by atoms with van der Waals surface area (Å²) in [6.07, 6.45) is 6.14. The van der Waals surface area contributed by atoms with Crippen molar-refractivity contribution in [2.24, 2.45) is 0 Å². The molecule has 9 heteroatoms. The van der Waals surface area contributed by atoms with Crippen LogP contribution in [0.15, 0.2) is 41.6 Å². The quantitative estimate of drug-likeness (QED) is 0.501. The maximum absolute atomic E-state index is 13.5. The van der Waals surface area contributed by atoms with Crippen LogP contribution in [0.25, 0.3) is 22.3 Å². The highest BCUT2D eigenvalue weighted by molar-refractivity contribution is 5.80. The van der Waals surface area contributed by atoms with Gasteiger partial charge in [-0.2, -0.15) is 0 Å². The van der Waals surface area contributed by atoms with Gasteiger partial charge in [0, 0.05) is 63.8 Å². The highest BCUT2D eigenvalue weighted by Gasteiger charge is 2.22. The minimum absolute atomic E-state index is 0.114. The highest BCUT2D eigenvalue weighted by Crippen LogP contribution is 2.21. The Morgan fingerprint density at radius 3 is 2.69 bits per heavy atom. The van der Waals surface area contributed by atoms with Gasteiger partial charge >= 0.3 is 0 Å². The third-order valence-corrected chi connectivity index (χ3v) is 5.67. The van der Waals surface area contributed by atoms with Crippen LogP contribution in [0, 0.1) is 0 Å². The van der Waals surface area contributed by atoms with Crippen LogP contribution in [0.1, 0.15) is 13.3 Å². The number of ether oxygens (including phenoxy) is 1. The molecule has 1 fully saturated rings. The predicted molar refractivity (Wildman–Crippen MR) is 124 cm³/mol. The molecule has 32 heavy (non-hydrogen) atoms. The van der Waals surface area contributed by atoms with E-state index in [9.17, 15) is 9.90 Å². The predicted octanol–water partition coefficient (Wildman–Crippen LogP) is 1.39. The molecule has 4 rings (SSSR count). The number of β-amino-alcohol motifs (C(OH)–C–C–N with tert-alkyl or cyclic N) is 1. The summed E-state index contributed by atoms with van der Waals surface area (Å²) in [5.74, 6) is 0.451. The van der Waals surface area contributed by atoms with Crippen molar-refractivity contribution in [3.8, 4) is 11.3 Å².